The van der Waals surface area contributed by atoms with Crippen molar-refractivity contribution in [3.8, 4) is 11.5 Å². The van der Waals surface area contributed by atoms with Gasteiger partial charge >= 0.3 is 5.97 Å². The van der Waals surface area contributed by atoms with E-state index in [0.717, 1.165) is 0 Å². The summed E-state index contributed by atoms with van der Waals surface area (Å²) in [6, 6.07) is 8.04. The fourth-order valence-corrected chi connectivity index (χ4v) is 3.68. The highest BCUT2D eigenvalue weighted by Gasteiger charge is 2.33. The number of nitrogens with zero attached hydrogens (tertiary/aromatic N) is 2. The average molecular weight is 417 g/mol. The zero-order valence-corrected chi connectivity index (χ0v) is 16.8. The molecule has 1 N–H and O–H groups in total. The second-order valence-electron chi connectivity index (χ2n) is 5.93. The van der Waals surface area contributed by atoms with Crippen LogP contribution in [0.3, 0.4) is 0 Å². The first kappa shape index (κ1) is 20.5. The first-order chi connectivity index (χ1) is 13.9. The van der Waals surface area contributed by atoms with Crippen molar-refractivity contribution in [2.75, 3.05) is 6.61 Å². The molecule has 0 spiro atoms. The van der Waals surface area contributed by atoms with E-state index in [-0.39, 0.29) is 23.3 Å². The lowest BCUT2D eigenvalue weighted by Gasteiger charge is -2.20. The lowest BCUT2D eigenvalue weighted by atomic mass is 10.2. The number of benzene rings is 1. The number of hydrogen-bond acceptors (Lipinski definition) is 8. The number of furan rings is 1. The molecule has 1 atom stereocenters. The van der Waals surface area contributed by atoms with E-state index < -0.39 is 11.3 Å². The first-order valence-electron chi connectivity index (χ1n) is 8.74. The molecule has 3 rings (SSSR count). The molecule has 2 amide bonds. The lowest BCUT2D eigenvalue weighted by molar-refractivity contribution is -0.129. The predicted octanol–water partition coefficient (Wildman–Crippen LogP) is 2.90. The standard InChI is InChI=1S/C19H19N3O6S/c1-4-26-16-10-13(7-8-14(16)28-18(25)15-6-5-9-27-15)17-22(12(3)24)21-19(29-17)20-11(2)23/h5-10,17H,4H2,1-3H3,(H,20,21,23)/t17-/m1/s1. The molecule has 10 heteroatoms. The van der Waals surface area contributed by atoms with Crippen molar-refractivity contribution in [2.24, 2.45) is 5.10 Å². The van der Waals surface area contributed by atoms with Gasteiger partial charge in [0, 0.05) is 13.8 Å². The monoisotopic (exact) mass is 417 g/mol. The number of nitrogens with one attached hydrogen (secondary N) is 1. The Morgan fingerprint density at radius 3 is 2.66 bits per heavy atom. The van der Waals surface area contributed by atoms with Gasteiger partial charge in [-0.3, -0.25) is 9.59 Å². The second-order valence-corrected chi connectivity index (χ2v) is 7.00. The SMILES string of the molecule is CCOc1cc([C@H]2SC(NC(C)=O)=NN2C(C)=O)ccc1OC(=O)c1ccco1. The number of amides is 2. The van der Waals surface area contributed by atoms with Crippen molar-refractivity contribution in [2.45, 2.75) is 26.1 Å². The summed E-state index contributed by atoms with van der Waals surface area (Å²) in [6.45, 7) is 4.90. The molecule has 1 aliphatic heterocycles. The number of thioether (sulfide) groups is 1. The Bertz CT molecular complexity index is 957. The Hall–Kier alpha value is -3.27. The van der Waals surface area contributed by atoms with Crippen molar-refractivity contribution in [1.29, 1.82) is 0 Å². The number of ether oxygens (including phenoxy) is 2. The van der Waals surface area contributed by atoms with Crippen LogP contribution in [0.15, 0.2) is 46.1 Å². The van der Waals surface area contributed by atoms with Gasteiger partial charge in [-0.25, -0.2) is 9.80 Å². The minimum Gasteiger partial charge on any atom is -0.490 e. The smallest absolute Gasteiger partial charge is 0.379 e. The lowest BCUT2D eigenvalue weighted by Crippen LogP contribution is -2.25. The van der Waals surface area contributed by atoms with Crippen LogP contribution in [0.1, 0.15) is 42.3 Å². The van der Waals surface area contributed by atoms with Crippen molar-refractivity contribution in [1.82, 2.24) is 10.3 Å². The summed E-state index contributed by atoms with van der Waals surface area (Å²) >= 11 is 1.22. The van der Waals surface area contributed by atoms with Gasteiger partial charge in [0.2, 0.25) is 17.6 Å². The molecule has 152 valence electrons. The summed E-state index contributed by atoms with van der Waals surface area (Å²) in [4.78, 5) is 35.5. The molecule has 2 aromatic rings. The third-order valence-electron chi connectivity index (χ3n) is 3.73. The average Bonchev–Trinajstić information content (AvgIpc) is 3.33. The molecular weight excluding hydrogens is 398 g/mol. The van der Waals surface area contributed by atoms with E-state index in [9.17, 15) is 14.4 Å². The number of amidine groups is 1. The highest BCUT2D eigenvalue weighted by molar-refractivity contribution is 8.14. The van der Waals surface area contributed by atoms with Crippen LogP contribution in [0.2, 0.25) is 0 Å². The Labute approximate surface area is 171 Å². The molecule has 1 aromatic carbocycles. The molecule has 0 saturated carbocycles. The van der Waals surface area contributed by atoms with E-state index in [4.69, 9.17) is 13.9 Å². The Kier molecular flexibility index (Phi) is 6.23. The second kappa shape index (κ2) is 8.82. The van der Waals surface area contributed by atoms with Crippen LogP contribution in [0.25, 0.3) is 0 Å². The van der Waals surface area contributed by atoms with Gasteiger partial charge in [-0.05, 0) is 36.8 Å². The summed E-state index contributed by atoms with van der Waals surface area (Å²) in [5, 5.41) is 7.85. The first-order valence-corrected chi connectivity index (χ1v) is 9.62. The number of esters is 1. The highest BCUT2D eigenvalue weighted by Crippen LogP contribution is 2.41. The van der Waals surface area contributed by atoms with Crippen molar-refractivity contribution in [3.05, 3.63) is 47.9 Å². The topological polar surface area (TPSA) is 110 Å². The van der Waals surface area contributed by atoms with Crippen LogP contribution in [0.4, 0.5) is 0 Å². The molecule has 1 aromatic heterocycles. The van der Waals surface area contributed by atoms with Gasteiger partial charge in [-0.2, -0.15) is 0 Å². The van der Waals surface area contributed by atoms with E-state index in [2.05, 4.69) is 10.4 Å². The molecule has 2 heterocycles. The van der Waals surface area contributed by atoms with E-state index in [1.807, 2.05) is 0 Å². The van der Waals surface area contributed by atoms with E-state index >= 15 is 0 Å². The maximum Gasteiger partial charge on any atom is 0.379 e. The molecule has 0 unspecified atom stereocenters. The van der Waals surface area contributed by atoms with Gasteiger partial charge in [-0.15, -0.1) is 5.10 Å². The van der Waals surface area contributed by atoms with Crippen LogP contribution < -0.4 is 14.8 Å². The van der Waals surface area contributed by atoms with Crippen LogP contribution in [0.5, 0.6) is 11.5 Å². The molecule has 9 nitrogen and oxygen atoms in total. The zero-order valence-electron chi connectivity index (χ0n) is 16.0. The molecule has 29 heavy (non-hydrogen) atoms. The Morgan fingerprint density at radius 2 is 2.03 bits per heavy atom. The number of carbonyl (C=O) groups is 3. The molecule has 0 saturated heterocycles. The van der Waals surface area contributed by atoms with Crippen molar-refractivity contribution >= 4 is 34.7 Å². The summed E-state index contributed by atoms with van der Waals surface area (Å²) < 4.78 is 16.0. The van der Waals surface area contributed by atoms with E-state index in [1.165, 1.54) is 42.9 Å². The predicted molar refractivity (Wildman–Crippen MR) is 105 cm³/mol. The molecule has 1 aliphatic rings. The molecule has 0 fully saturated rings. The van der Waals surface area contributed by atoms with Gasteiger partial charge < -0.3 is 19.2 Å². The van der Waals surface area contributed by atoms with Crippen molar-refractivity contribution < 1.29 is 28.3 Å². The maximum atomic E-state index is 12.2. The van der Waals surface area contributed by atoms with Gasteiger partial charge in [-0.1, -0.05) is 17.8 Å². The number of hydrogen-bond donors (Lipinski definition) is 1. The normalized spacial score (nSPS) is 15.6. The Morgan fingerprint density at radius 1 is 1.24 bits per heavy atom. The maximum absolute atomic E-state index is 12.2. The fraction of sp³-hybridized carbons (Fsp3) is 0.263. The number of hydrazone groups is 1. The van der Waals surface area contributed by atoms with Crippen molar-refractivity contribution in [3.63, 3.8) is 0 Å². The van der Waals surface area contributed by atoms with E-state index in [1.54, 1.807) is 31.2 Å². The van der Waals surface area contributed by atoms with Gasteiger partial charge in [0.05, 0.1) is 12.9 Å². The zero-order chi connectivity index (χ0) is 21.0. The quantitative estimate of drug-likeness (QED) is 0.588. The van der Waals surface area contributed by atoms with Gasteiger partial charge in [0.15, 0.2) is 16.7 Å². The van der Waals surface area contributed by atoms with Crippen LogP contribution >= 0.6 is 11.8 Å². The van der Waals surface area contributed by atoms with Gasteiger partial charge in [0.1, 0.15) is 5.37 Å². The summed E-state index contributed by atoms with van der Waals surface area (Å²) in [6.07, 6.45) is 1.38. The minimum absolute atomic E-state index is 0.0685. The molecule has 0 aliphatic carbocycles. The molecular formula is C19H19N3O6S. The number of carbonyl (C=O) groups excluding carboxylic acids is 3. The van der Waals surface area contributed by atoms with Crippen LogP contribution in [-0.2, 0) is 9.59 Å². The fourth-order valence-electron chi connectivity index (χ4n) is 2.56. The third-order valence-corrected chi connectivity index (χ3v) is 4.83. The highest BCUT2D eigenvalue weighted by atomic mass is 32.2. The minimum atomic E-state index is -0.652. The molecule has 0 bridgehead atoms. The third kappa shape index (κ3) is 4.77. The largest absolute Gasteiger partial charge is 0.490 e. The summed E-state index contributed by atoms with van der Waals surface area (Å²) in [5.41, 5.74) is 0.690. The summed E-state index contributed by atoms with van der Waals surface area (Å²) in [7, 11) is 0. The molecule has 0 radical (unpaired) electrons. The van der Waals surface area contributed by atoms with Crippen LogP contribution in [0, 0.1) is 0 Å². The Balaban J connectivity index is 1.86. The number of rotatable bonds is 5. The van der Waals surface area contributed by atoms with Gasteiger partial charge in [0.25, 0.3) is 0 Å². The van der Waals surface area contributed by atoms with E-state index in [0.29, 0.717) is 23.1 Å². The van der Waals surface area contributed by atoms with Crippen LogP contribution in [-0.4, -0.2) is 34.6 Å². The summed E-state index contributed by atoms with van der Waals surface area (Å²) in [5.74, 6) is -0.594.